The SMILES string of the molecule is CCCCC(C)(C)CC(CCCCC(CC(C)(C)C)C(C)(C)C)C(C)(C)C. The number of hydrogen-bond acceptors (Lipinski definition) is 0. The summed E-state index contributed by atoms with van der Waals surface area (Å²) in [7, 11) is 0. The average Bonchev–Trinajstić information content (AvgIpc) is 2.43. The lowest BCUT2D eigenvalue weighted by atomic mass is 9.67. The van der Waals surface area contributed by atoms with Crippen molar-refractivity contribution in [2.75, 3.05) is 0 Å². The molecule has 0 rings (SSSR count). The van der Waals surface area contributed by atoms with Crippen LogP contribution >= 0.6 is 0 Å². The van der Waals surface area contributed by atoms with Crippen LogP contribution in [0.2, 0.25) is 0 Å². The molecule has 0 aliphatic heterocycles. The van der Waals surface area contributed by atoms with E-state index >= 15 is 0 Å². The van der Waals surface area contributed by atoms with Gasteiger partial charge in [0, 0.05) is 0 Å². The molecule has 0 aromatic heterocycles. The average molecular weight is 381 g/mol. The van der Waals surface area contributed by atoms with Crippen molar-refractivity contribution in [3.8, 4) is 0 Å². The van der Waals surface area contributed by atoms with Gasteiger partial charge in [-0.05, 0) is 65.6 Å². The highest BCUT2D eigenvalue weighted by Gasteiger charge is 2.31. The van der Waals surface area contributed by atoms with Crippen LogP contribution in [0.25, 0.3) is 0 Å². The molecule has 0 heteroatoms. The largest absolute Gasteiger partial charge is 0.0654 e. The van der Waals surface area contributed by atoms with Gasteiger partial charge in [0.05, 0.1) is 0 Å². The van der Waals surface area contributed by atoms with Gasteiger partial charge >= 0.3 is 0 Å². The zero-order valence-electron chi connectivity index (χ0n) is 21.5. The Morgan fingerprint density at radius 2 is 0.963 bits per heavy atom. The third-order valence-electron chi connectivity index (χ3n) is 6.67. The quantitative estimate of drug-likeness (QED) is 0.313. The van der Waals surface area contributed by atoms with Crippen LogP contribution in [0, 0.1) is 33.5 Å². The van der Waals surface area contributed by atoms with Crippen LogP contribution in [0.4, 0.5) is 0 Å². The second-order valence-electron chi connectivity index (χ2n) is 13.6. The van der Waals surface area contributed by atoms with Crippen LogP contribution in [-0.2, 0) is 0 Å². The molecule has 0 amide bonds. The van der Waals surface area contributed by atoms with Crippen molar-refractivity contribution in [1.82, 2.24) is 0 Å². The van der Waals surface area contributed by atoms with Crippen LogP contribution < -0.4 is 0 Å². The predicted octanol–water partition coefficient (Wildman–Crippen LogP) is 9.91. The van der Waals surface area contributed by atoms with Gasteiger partial charge in [-0.15, -0.1) is 0 Å². The van der Waals surface area contributed by atoms with Gasteiger partial charge in [0.15, 0.2) is 0 Å². The zero-order chi connectivity index (χ0) is 21.5. The molecule has 0 aromatic rings. The Morgan fingerprint density at radius 3 is 1.30 bits per heavy atom. The maximum absolute atomic E-state index is 2.50. The Balaban J connectivity index is 4.72. The van der Waals surface area contributed by atoms with Gasteiger partial charge in [0.2, 0.25) is 0 Å². The van der Waals surface area contributed by atoms with E-state index < -0.39 is 0 Å². The molecule has 0 aliphatic carbocycles. The van der Waals surface area contributed by atoms with Crippen LogP contribution in [0.1, 0.15) is 141 Å². The van der Waals surface area contributed by atoms with Gasteiger partial charge in [-0.3, -0.25) is 0 Å². The van der Waals surface area contributed by atoms with Gasteiger partial charge in [-0.25, -0.2) is 0 Å². The minimum absolute atomic E-state index is 0.429. The normalized spacial score (nSPS) is 16.4. The highest BCUT2D eigenvalue weighted by Crippen LogP contribution is 2.43. The maximum atomic E-state index is 2.50. The van der Waals surface area contributed by atoms with Crippen molar-refractivity contribution in [2.45, 2.75) is 141 Å². The van der Waals surface area contributed by atoms with Crippen LogP contribution in [0.5, 0.6) is 0 Å². The third-order valence-corrected chi connectivity index (χ3v) is 6.67. The fourth-order valence-electron chi connectivity index (χ4n) is 4.63. The second kappa shape index (κ2) is 10.7. The Bertz CT molecular complexity index is 380. The highest BCUT2D eigenvalue weighted by molar-refractivity contribution is 4.82. The van der Waals surface area contributed by atoms with Crippen molar-refractivity contribution >= 4 is 0 Å². The van der Waals surface area contributed by atoms with Gasteiger partial charge in [-0.1, -0.05) is 109 Å². The van der Waals surface area contributed by atoms with E-state index in [1.54, 1.807) is 0 Å². The summed E-state index contributed by atoms with van der Waals surface area (Å²) in [6.45, 7) is 29.2. The van der Waals surface area contributed by atoms with E-state index in [1.807, 2.05) is 0 Å². The Labute approximate surface area is 174 Å². The molecule has 0 saturated carbocycles. The summed E-state index contributed by atoms with van der Waals surface area (Å²) in [4.78, 5) is 0. The van der Waals surface area contributed by atoms with E-state index in [2.05, 4.69) is 83.1 Å². The molecule has 0 heterocycles. The maximum Gasteiger partial charge on any atom is -0.0351 e. The predicted molar refractivity (Wildman–Crippen MR) is 126 cm³/mol. The smallest absolute Gasteiger partial charge is 0.0351 e. The topological polar surface area (TPSA) is 0 Å². The van der Waals surface area contributed by atoms with E-state index in [-0.39, 0.29) is 0 Å². The fraction of sp³-hybridized carbons (Fsp3) is 1.00. The van der Waals surface area contributed by atoms with Gasteiger partial charge < -0.3 is 0 Å². The molecule has 0 bridgehead atoms. The Kier molecular flexibility index (Phi) is 10.7. The van der Waals surface area contributed by atoms with Gasteiger partial charge in [0.1, 0.15) is 0 Å². The Hall–Kier alpha value is 0. The summed E-state index contributed by atoms with van der Waals surface area (Å²) in [6, 6.07) is 0. The zero-order valence-corrected chi connectivity index (χ0v) is 21.5. The molecule has 0 spiro atoms. The van der Waals surface area contributed by atoms with Crippen molar-refractivity contribution < 1.29 is 0 Å². The molecule has 0 aromatic carbocycles. The standard InChI is InChI=1S/C27H56/c1-13-14-19-27(11,12)21-23(26(8,9)10)18-16-15-17-22(25(5,6)7)20-24(2,3)4/h22-23H,13-21H2,1-12H3. The van der Waals surface area contributed by atoms with E-state index in [1.165, 1.54) is 57.8 Å². The molecule has 0 N–H and O–H groups in total. The summed E-state index contributed by atoms with van der Waals surface area (Å²) in [5.41, 5.74) is 1.79. The van der Waals surface area contributed by atoms with Crippen molar-refractivity contribution in [2.24, 2.45) is 33.5 Å². The lowest BCUT2D eigenvalue weighted by Crippen LogP contribution is -2.27. The first-order chi connectivity index (χ1) is 12.0. The number of unbranched alkanes of at least 4 members (excludes halogenated alkanes) is 2. The van der Waals surface area contributed by atoms with E-state index in [0.717, 1.165) is 11.8 Å². The number of rotatable bonds is 11. The van der Waals surface area contributed by atoms with Gasteiger partial charge in [-0.2, -0.15) is 0 Å². The Morgan fingerprint density at radius 1 is 0.556 bits per heavy atom. The summed E-state index contributed by atoms with van der Waals surface area (Å²) in [5.74, 6) is 1.69. The molecular formula is C27H56. The number of hydrogen-bond donors (Lipinski definition) is 0. The first-order valence-electron chi connectivity index (χ1n) is 12.0. The molecule has 0 radical (unpaired) electrons. The minimum atomic E-state index is 0.429. The van der Waals surface area contributed by atoms with E-state index in [0.29, 0.717) is 21.7 Å². The molecule has 2 unspecified atom stereocenters. The summed E-state index contributed by atoms with van der Waals surface area (Å²) in [6.07, 6.45) is 12.4. The van der Waals surface area contributed by atoms with Crippen LogP contribution in [-0.4, -0.2) is 0 Å². The first-order valence-corrected chi connectivity index (χ1v) is 12.0. The summed E-state index contributed by atoms with van der Waals surface area (Å²) < 4.78 is 0. The minimum Gasteiger partial charge on any atom is -0.0654 e. The van der Waals surface area contributed by atoms with Crippen LogP contribution in [0.15, 0.2) is 0 Å². The van der Waals surface area contributed by atoms with E-state index in [4.69, 9.17) is 0 Å². The lowest BCUT2D eigenvalue weighted by molar-refractivity contribution is 0.127. The molecule has 2 atom stereocenters. The molecular weight excluding hydrogens is 324 g/mol. The molecule has 0 fully saturated rings. The van der Waals surface area contributed by atoms with Crippen molar-refractivity contribution in [3.63, 3.8) is 0 Å². The fourth-order valence-corrected chi connectivity index (χ4v) is 4.63. The molecule has 0 nitrogen and oxygen atoms in total. The summed E-state index contributed by atoms with van der Waals surface area (Å²) in [5, 5.41) is 0. The van der Waals surface area contributed by atoms with Crippen LogP contribution in [0.3, 0.4) is 0 Å². The first kappa shape index (κ1) is 27.0. The van der Waals surface area contributed by atoms with E-state index in [9.17, 15) is 0 Å². The third kappa shape index (κ3) is 13.0. The van der Waals surface area contributed by atoms with Crippen molar-refractivity contribution in [1.29, 1.82) is 0 Å². The summed E-state index contributed by atoms with van der Waals surface area (Å²) >= 11 is 0. The van der Waals surface area contributed by atoms with Gasteiger partial charge in [0.25, 0.3) is 0 Å². The lowest BCUT2D eigenvalue weighted by Gasteiger charge is -2.38. The van der Waals surface area contributed by atoms with Crippen molar-refractivity contribution in [3.05, 3.63) is 0 Å². The highest BCUT2D eigenvalue weighted by atomic mass is 14.4. The monoisotopic (exact) mass is 380 g/mol. The molecule has 0 saturated heterocycles. The molecule has 0 aliphatic rings. The molecule has 27 heavy (non-hydrogen) atoms. The second-order valence-corrected chi connectivity index (χ2v) is 13.6. The molecule has 164 valence electrons.